The summed E-state index contributed by atoms with van der Waals surface area (Å²) >= 11 is 0. The van der Waals surface area contributed by atoms with Crippen molar-refractivity contribution in [2.24, 2.45) is 0 Å². The van der Waals surface area contributed by atoms with Crippen LogP contribution in [0.15, 0.2) is 12.3 Å². The summed E-state index contributed by atoms with van der Waals surface area (Å²) in [6.45, 7) is 5.62. The van der Waals surface area contributed by atoms with E-state index in [2.05, 4.69) is 10.4 Å². The molecule has 3 N–H and O–H groups in total. The molecule has 0 aromatic carbocycles. The second-order valence-corrected chi connectivity index (χ2v) is 3.56. The molecular formula is C9H16N4O. The molecule has 5 nitrogen and oxygen atoms in total. The number of amides is 1. The Morgan fingerprint density at radius 2 is 2.21 bits per heavy atom. The van der Waals surface area contributed by atoms with Gasteiger partial charge >= 0.3 is 0 Å². The second kappa shape index (κ2) is 4.13. The number of nitrogens with zero attached hydrogens (tertiary/aromatic N) is 2. The van der Waals surface area contributed by atoms with Crippen LogP contribution in [-0.4, -0.2) is 21.7 Å². The molecule has 0 spiro atoms. The molecule has 5 heteroatoms. The molecule has 0 aliphatic carbocycles. The molecule has 1 unspecified atom stereocenters. The zero-order chi connectivity index (χ0) is 10.7. The predicted molar refractivity (Wildman–Crippen MR) is 54.6 cm³/mol. The molecule has 0 bridgehead atoms. The van der Waals surface area contributed by atoms with E-state index in [1.54, 1.807) is 23.9 Å². The van der Waals surface area contributed by atoms with Gasteiger partial charge in [0.05, 0.1) is 0 Å². The first kappa shape index (κ1) is 10.6. The van der Waals surface area contributed by atoms with E-state index in [9.17, 15) is 4.79 Å². The van der Waals surface area contributed by atoms with Crippen LogP contribution < -0.4 is 11.1 Å². The minimum absolute atomic E-state index is 0.0527. The smallest absolute Gasteiger partial charge is 0.244 e. The lowest BCUT2D eigenvalue weighted by atomic mass is 10.3. The van der Waals surface area contributed by atoms with Crippen molar-refractivity contribution < 1.29 is 4.79 Å². The van der Waals surface area contributed by atoms with Crippen molar-refractivity contribution in [2.75, 3.05) is 5.73 Å². The third-order valence-corrected chi connectivity index (χ3v) is 1.84. The Kier molecular flexibility index (Phi) is 3.11. The third-order valence-electron chi connectivity index (χ3n) is 1.84. The second-order valence-electron chi connectivity index (χ2n) is 3.56. The Morgan fingerprint density at radius 1 is 1.57 bits per heavy atom. The molecule has 1 aromatic rings. The van der Waals surface area contributed by atoms with Gasteiger partial charge in [0.25, 0.3) is 0 Å². The average Bonchev–Trinajstić information content (AvgIpc) is 2.49. The van der Waals surface area contributed by atoms with Gasteiger partial charge in [0.1, 0.15) is 11.9 Å². The third kappa shape index (κ3) is 2.48. The lowest BCUT2D eigenvalue weighted by molar-refractivity contribution is -0.124. The first-order valence-corrected chi connectivity index (χ1v) is 4.61. The Bertz CT molecular complexity index is 318. The Hall–Kier alpha value is -1.52. The highest BCUT2D eigenvalue weighted by Crippen LogP contribution is 2.06. The van der Waals surface area contributed by atoms with E-state index < -0.39 is 0 Å². The molecule has 1 atom stereocenters. The molecule has 0 aliphatic heterocycles. The van der Waals surface area contributed by atoms with Gasteiger partial charge in [-0.15, -0.1) is 0 Å². The van der Waals surface area contributed by atoms with Gasteiger partial charge in [-0.05, 0) is 26.8 Å². The van der Waals surface area contributed by atoms with Crippen molar-refractivity contribution in [1.82, 2.24) is 15.1 Å². The standard InChI is InChI=1S/C9H16N4O/c1-6(2)11-9(14)7(3)13-5-4-8(10)12-13/h4-7H,1-3H3,(H2,10,12)(H,11,14). The van der Waals surface area contributed by atoms with Crippen LogP contribution in [-0.2, 0) is 4.79 Å². The molecular weight excluding hydrogens is 180 g/mol. The number of hydrogen-bond donors (Lipinski definition) is 2. The number of nitrogens with two attached hydrogens (primary N) is 1. The predicted octanol–water partition coefficient (Wildman–Crippen LogP) is 0.551. The van der Waals surface area contributed by atoms with Crippen molar-refractivity contribution >= 4 is 11.7 Å². The molecule has 0 saturated carbocycles. The van der Waals surface area contributed by atoms with Crippen molar-refractivity contribution in [1.29, 1.82) is 0 Å². The largest absolute Gasteiger partial charge is 0.382 e. The summed E-state index contributed by atoms with van der Waals surface area (Å²) in [6, 6.07) is 1.48. The van der Waals surface area contributed by atoms with Crippen molar-refractivity contribution in [3.8, 4) is 0 Å². The summed E-state index contributed by atoms with van der Waals surface area (Å²) in [7, 11) is 0. The summed E-state index contributed by atoms with van der Waals surface area (Å²) in [5.41, 5.74) is 5.45. The first-order valence-electron chi connectivity index (χ1n) is 4.61. The van der Waals surface area contributed by atoms with Gasteiger partial charge in [0.2, 0.25) is 5.91 Å². The van der Waals surface area contributed by atoms with Crippen LogP contribution in [0.2, 0.25) is 0 Å². The molecule has 0 aliphatic rings. The average molecular weight is 196 g/mol. The number of nitrogens with one attached hydrogen (secondary N) is 1. The lowest BCUT2D eigenvalue weighted by Gasteiger charge is -2.14. The maximum Gasteiger partial charge on any atom is 0.244 e. The molecule has 1 rings (SSSR count). The van der Waals surface area contributed by atoms with Crippen LogP contribution in [0.3, 0.4) is 0 Å². The van der Waals surface area contributed by atoms with Gasteiger partial charge in [-0.25, -0.2) is 0 Å². The number of hydrogen-bond acceptors (Lipinski definition) is 3. The molecule has 1 amide bonds. The van der Waals surface area contributed by atoms with Crippen molar-refractivity contribution in [3.63, 3.8) is 0 Å². The van der Waals surface area contributed by atoms with E-state index >= 15 is 0 Å². The summed E-state index contributed by atoms with van der Waals surface area (Å²) in [5, 5.41) is 6.78. The Labute approximate surface area is 83.3 Å². The maximum atomic E-state index is 11.6. The molecule has 1 aromatic heterocycles. The minimum Gasteiger partial charge on any atom is -0.382 e. The minimum atomic E-state index is -0.324. The SMILES string of the molecule is CC(C)NC(=O)C(C)n1ccc(N)n1. The zero-order valence-electron chi connectivity index (χ0n) is 8.69. The highest BCUT2D eigenvalue weighted by atomic mass is 16.2. The monoisotopic (exact) mass is 196 g/mol. The van der Waals surface area contributed by atoms with E-state index in [-0.39, 0.29) is 18.0 Å². The topological polar surface area (TPSA) is 72.9 Å². The normalized spacial score (nSPS) is 12.9. The van der Waals surface area contributed by atoms with Gasteiger partial charge in [-0.3, -0.25) is 9.48 Å². The van der Waals surface area contributed by atoms with E-state index in [0.717, 1.165) is 0 Å². The molecule has 0 fully saturated rings. The number of aromatic nitrogens is 2. The van der Waals surface area contributed by atoms with Crippen molar-refractivity contribution in [3.05, 3.63) is 12.3 Å². The lowest BCUT2D eigenvalue weighted by Crippen LogP contribution is -2.35. The fourth-order valence-corrected chi connectivity index (χ4v) is 1.09. The fraction of sp³-hybridized carbons (Fsp3) is 0.556. The highest BCUT2D eigenvalue weighted by Gasteiger charge is 2.15. The first-order chi connectivity index (χ1) is 6.50. The quantitative estimate of drug-likeness (QED) is 0.741. The number of rotatable bonds is 3. The zero-order valence-corrected chi connectivity index (χ0v) is 8.69. The van der Waals surface area contributed by atoms with Crippen LogP contribution >= 0.6 is 0 Å². The maximum absolute atomic E-state index is 11.6. The van der Waals surface area contributed by atoms with E-state index in [0.29, 0.717) is 5.82 Å². The molecule has 14 heavy (non-hydrogen) atoms. The molecule has 0 radical (unpaired) electrons. The van der Waals surface area contributed by atoms with Gasteiger partial charge < -0.3 is 11.1 Å². The number of anilines is 1. The summed E-state index contributed by atoms with van der Waals surface area (Å²) in [6.07, 6.45) is 1.69. The highest BCUT2D eigenvalue weighted by molar-refractivity contribution is 5.80. The van der Waals surface area contributed by atoms with Gasteiger partial charge in [-0.2, -0.15) is 5.10 Å². The summed E-state index contributed by atoms with van der Waals surface area (Å²) < 4.78 is 1.55. The molecule has 0 saturated heterocycles. The van der Waals surface area contributed by atoms with Crippen LogP contribution in [0.5, 0.6) is 0 Å². The molecule has 1 heterocycles. The number of nitrogen functional groups attached to an aromatic ring is 1. The summed E-state index contributed by atoms with van der Waals surface area (Å²) in [5.74, 6) is 0.372. The van der Waals surface area contributed by atoms with E-state index in [1.807, 2.05) is 13.8 Å². The number of carbonyl (C=O) groups excluding carboxylic acids is 1. The van der Waals surface area contributed by atoms with E-state index in [1.165, 1.54) is 0 Å². The van der Waals surface area contributed by atoms with E-state index in [4.69, 9.17) is 5.73 Å². The summed E-state index contributed by atoms with van der Waals surface area (Å²) in [4.78, 5) is 11.6. The van der Waals surface area contributed by atoms with Crippen LogP contribution in [0.25, 0.3) is 0 Å². The van der Waals surface area contributed by atoms with Crippen LogP contribution in [0.1, 0.15) is 26.8 Å². The van der Waals surface area contributed by atoms with Gasteiger partial charge in [0.15, 0.2) is 0 Å². The Balaban J connectivity index is 2.65. The van der Waals surface area contributed by atoms with Crippen molar-refractivity contribution in [2.45, 2.75) is 32.9 Å². The van der Waals surface area contributed by atoms with Crippen LogP contribution in [0, 0.1) is 0 Å². The van der Waals surface area contributed by atoms with Crippen LogP contribution in [0.4, 0.5) is 5.82 Å². The molecule has 78 valence electrons. The van der Waals surface area contributed by atoms with Gasteiger partial charge in [0, 0.05) is 12.2 Å². The fourth-order valence-electron chi connectivity index (χ4n) is 1.09. The van der Waals surface area contributed by atoms with Gasteiger partial charge in [-0.1, -0.05) is 0 Å². The Morgan fingerprint density at radius 3 is 2.64 bits per heavy atom. The number of carbonyl (C=O) groups is 1.